The molecule has 5 heteroatoms. The number of hydrogen-bond donors (Lipinski definition) is 1. The molecule has 1 atom stereocenters. The zero-order chi connectivity index (χ0) is 15.0. The number of pyridine rings is 1. The summed E-state index contributed by atoms with van der Waals surface area (Å²) in [6, 6.07) is 6.62. The maximum absolute atomic E-state index is 6.12. The van der Waals surface area contributed by atoms with Crippen LogP contribution >= 0.6 is 15.9 Å². The maximum atomic E-state index is 6.12. The fourth-order valence-electron chi connectivity index (χ4n) is 3.16. The zero-order valence-corrected chi connectivity index (χ0v) is 14.1. The molecule has 0 radical (unpaired) electrons. The number of likely N-dealkylation sites (N-methyl/N-ethyl adjacent to an activating group) is 1. The Balaban J connectivity index is 2.09. The molecule has 1 fully saturated rings. The lowest BCUT2D eigenvalue weighted by Crippen LogP contribution is -2.38. The Morgan fingerprint density at radius 1 is 1.33 bits per heavy atom. The van der Waals surface area contributed by atoms with E-state index in [1.807, 2.05) is 12.3 Å². The molecular formula is C16H21BrN4. The predicted octanol–water partition coefficient (Wildman–Crippen LogP) is 3.11. The van der Waals surface area contributed by atoms with Crippen molar-refractivity contribution in [1.82, 2.24) is 9.88 Å². The van der Waals surface area contributed by atoms with E-state index in [1.165, 1.54) is 12.1 Å². The van der Waals surface area contributed by atoms with Crippen molar-refractivity contribution in [3.63, 3.8) is 0 Å². The third kappa shape index (κ3) is 2.85. The molecule has 0 bridgehead atoms. The first kappa shape index (κ1) is 14.6. The first-order chi connectivity index (χ1) is 10.1. The third-order valence-corrected chi connectivity index (χ3v) is 4.62. The standard InChI is InChI=1S/C16H21BrN4/c1-11-10-20(2)6-3-7-21(11)15-5-4-14(18)13-8-12(17)9-19-16(13)15/h4-5,8-9,11H,3,6-7,10,18H2,1-2H3. The Bertz CT molecular complexity index is 658. The Kier molecular flexibility index (Phi) is 4.04. The number of rotatable bonds is 1. The highest BCUT2D eigenvalue weighted by molar-refractivity contribution is 9.10. The van der Waals surface area contributed by atoms with Crippen molar-refractivity contribution in [1.29, 1.82) is 0 Å². The lowest BCUT2D eigenvalue weighted by atomic mass is 10.1. The molecule has 1 unspecified atom stereocenters. The van der Waals surface area contributed by atoms with Crippen molar-refractivity contribution in [2.75, 3.05) is 37.3 Å². The van der Waals surface area contributed by atoms with E-state index in [1.54, 1.807) is 0 Å². The molecular weight excluding hydrogens is 328 g/mol. The fourth-order valence-corrected chi connectivity index (χ4v) is 3.49. The van der Waals surface area contributed by atoms with E-state index >= 15 is 0 Å². The number of nitrogens with zero attached hydrogens (tertiary/aromatic N) is 3. The normalized spacial score (nSPS) is 20.7. The topological polar surface area (TPSA) is 45.4 Å². The molecule has 21 heavy (non-hydrogen) atoms. The fraction of sp³-hybridized carbons (Fsp3) is 0.438. The molecule has 1 aliphatic rings. The van der Waals surface area contributed by atoms with Gasteiger partial charge in [0.15, 0.2) is 0 Å². The lowest BCUT2D eigenvalue weighted by Gasteiger charge is -2.31. The van der Waals surface area contributed by atoms with Crippen LogP contribution in [-0.2, 0) is 0 Å². The van der Waals surface area contributed by atoms with E-state index in [2.05, 4.69) is 56.8 Å². The molecule has 1 aromatic carbocycles. The van der Waals surface area contributed by atoms with Gasteiger partial charge in [0.05, 0.1) is 11.2 Å². The Morgan fingerprint density at radius 3 is 2.95 bits per heavy atom. The first-order valence-corrected chi connectivity index (χ1v) is 8.14. The van der Waals surface area contributed by atoms with Gasteiger partial charge in [-0.2, -0.15) is 0 Å². The molecule has 1 aliphatic heterocycles. The highest BCUT2D eigenvalue weighted by Crippen LogP contribution is 2.32. The van der Waals surface area contributed by atoms with Crippen LogP contribution in [0.3, 0.4) is 0 Å². The number of nitrogens with two attached hydrogens (primary N) is 1. The van der Waals surface area contributed by atoms with E-state index in [4.69, 9.17) is 5.73 Å². The SMILES string of the molecule is CC1CN(C)CCCN1c1ccc(N)c2cc(Br)cnc12. The van der Waals surface area contributed by atoms with Crippen LogP contribution in [0, 0.1) is 0 Å². The van der Waals surface area contributed by atoms with E-state index in [9.17, 15) is 0 Å². The van der Waals surface area contributed by atoms with Gasteiger partial charge in [-0.25, -0.2) is 0 Å². The zero-order valence-electron chi connectivity index (χ0n) is 12.5. The van der Waals surface area contributed by atoms with Crippen LogP contribution in [0.15, 0.2) is 28.9 Å². The maximum Gasteiger partial charge on any atom is 0.0956 e. The van der Waals surface area contributed by atoms with Crippen molar-refractivity contribution in [3.8, 4) is 0 Å². The third-order valence-electron chi connectivity index (χ3n) is 4.18. The van der Waals surface area contributed by atoms with Crippen molar-refractivity contribution in [2.45, 2.75) is 19.4 Å². The van der Waals surface area contributed by atoms with Gasteiger partial charge in [-0.05, 0) is 61.1 Å². The second-order valence-corrected chi connectivity index (χ2v) is 6.80. The Morgan fingerprint density at radius 2 is 2.14 bits per heavy atom. The monoisotopic (exact) mass is 348 g/mol. The molecule has 0 aliphatic carbocycles. The van der Waals surface area contributed by atoms with Gasteiger partial charge in [-0.3, -0.25) is 4.98 Å². The second-order valence-electron chi connectivity index (χ2n) is 5.88. The van der Waals surface area contributed by atoms with Gasteiger partial charge in [0.25, 0.3) is 0 Å². The van der Waals surface area contributed by atoms with Gasteiger partial charge in [-0.15, -0.1) is 0 Å². The summed E-state index contributed by atoms with van der Waals surface area (Å²) >= 11 is 3.48. The van der Waals surface area contributed by atoms with Crippen molar-refractivity contribution < 1.29 is 0 Å². The highest BCUT2D eigenvalue weighted by Gasteiger charge is 2.22. The molecule has 2 heterocycles. The molecule has 2 N–H and O–H groups in total. The summed E-state index contributed by atoms with van der Waals surface area (Å²) < 4.78 is 0.961. The second kappa shape index (κ2) is 5.81. The van der Waals surface area contributed by atoms with Crippen LogP contribution in [0.2, 0.25) is 0 Å². The summed E-state index contributed by atoms with van der Waals surface area (Å²) in [6.45, 7) is 5.56. The van der Waals surface area contributed by atoms with Gasteiger partial charge in [0, 0.05) is 40.9 Å². The number of nitrogen functional groups attached to an aromatic ring is 1. The van der Waals surface area contributed by atoms with Crippen LogP contribution in [-0.4, -0.2) is 42.6 Å². The quantitative estimate of drug-likeness (QED) is 0.804. The molecule has 0 spiro atoms. The minimum Gasteiger partial charge on any atom is -0.398 e. The summed E-state index contributed by atoms with van der Waals surface area (Å²) in [5.74, 6) is 0. The van der Waals surface area contributed by atoms with Gasteiger partial charge in [0.2, 0.25) is 0 Å². The van der Waals surface area contributed by atoms with E-state index in [-0.39, 0.29) is 0 Å². The molecule has 4 nitrogen and oxygen atoms in total. The first-order valence-electron chi connectivity index (χ1n) is 7.35. The van der Waals surface area contributed by atoms with Gasteiger partial charge >= 0.3 is 0 Å². The summed E-state index contributed by atoms with van der Waals surface area (Å²) in [5.41, 5.74) is 9.09. The molecule has 2 aromatic rings. The van der Waals surface area contributed by atoms with Crippen LogP contribution in [0.5, 0.6) is 0 Å². The van der Waals surface area contributed by atoms with Crippen molar-refractivity contribution in [3.05, 3.63) is 28.9 Å². The summed E-state index contributed by atoms with van der Waals surface area (Å²) in [6.07, 6.45) is 3.02. The van der Waals surface area contributed by atoms with Crippen LogP contribution < -0.4 is 10.6 Å². The van der Waals surface area contributed by atoms with E-state index < -0.39 is 0 Å². The minimum absolute atomic E-state index is 0.467. The number of anilines is 2. The largest absolute Gasteiger partial charge is 0.398 e. The highest BCUT2D eigenvalue weighted by atomic mass is 79.9. The van der Waals surface area contributed by atoms with Crippen molar-refractivity contribution >= 4 is 38.2 Å². The number of benzene rings is 1. The lowest BCUT2D eigenvalue weighted by molar-refractivity contribution is 0.337. The average Bonchev–Trinajstić information content (AvgIpc) is 2.61. The van der Waals surface area contributed by atoms with E-state index in [0.717, 1.165) is 40.7 Å². The number of hydrogen-bond acceptors (Lipinski definition) is 4. The molecule has 3 rings (SSSR count). The summed E-state index contributed by atoms with van der Waals surface area (Å²) in [7, 11) is 2.19. The minimum atomic E-state index is 0.467. The molecule has 1 aromatic heterocycles. The molecule has 112 valence electrons. The van der Waals surface area contributed by atoms with Crippen LogP contribution in [0.1, 0.15) is 13.3 Å². The number of halogens is 1. The van der Waals surface area contributed by atoms with Crippen LogP contribution in [0.25, 0.3) is 10.9 Å². The van der Waals surface area contributed by atoms with Gasteiger partial charge in [-0.1, -0.05) is 0 Å². The van der Waals surface area contributed by atoms with Gasteiger partial charge < -0.3 is 15.5 Å². The predicted molar refractivity (Wildman–Crippen MR) is 92.8 cm³/mol. The summed E-state index contributed by atoms with van der Waals surface area (Å²) in [5, 5.41) is 1.02. The van der Waals surface area contributed by atoms with E-state index in [0.29, 0.717) is 6.04 Å². The average molecular weight is 349 g/mol. The summed E-state index contributed by atoms with van der Waals surface area (Å²) in [4.78, 5) is 9.48. The van der Waals surface area contributed by atoms with Gasteiger partial charge in [0.1, 0.15) is 0 Å². The van der Waals surface area contributed by atoms with Crippen molar-refractivity contribution in [2.24, 2.45) is 0 Å². The molecule has 0 saturated carbocycles. The number of aromatic nitrogens is 1. The Labute approximate surface area is 134 Å². The number of fused-ring (bicyclic) bond motifs is 1. The Hall–Kier alpha value is -1.33. The van der Waals surface area contributed by atoms with Crippen LogP contribution in [0.4, 0.5) is 11.4 Å². The molecule has 1 saturated heterocycles. The smallest absolute Gasteiger partial charge is 0.0956 e. The molecule has 0 amide bonds.